The van der Waals surface area contributed by atoms with E-state index in [-0.39, 0.29) is 30.8 Å². The molecule has 0 spiro atoms. The van der Waals surface area contributed by atoms with Gasteiger partial charge in [0.05, 0.1) is 23.5 Å². The zero-order valence-corrected chi connectivity index (χ0v) is 17.1. The van der Waals surface area contributed by atoms with Crippen LogP contribution in [0.3, 0.4) is 0 Å². The van der Waals surface area contributed by atoms with Gasteiger partial charge in [0.2, 0.25) is 5.91 Å². The summed E-state index contributed by atoms with van der Waals surface area (Å²) in [5.41, 5.74) is 8.44. The molecule has 2 fully saturated rings. The molecule has 9 heteroatoms. The third kappa shape index (κ3) is 4.61. The Morgan fingerprint density at radius 1 is 1.27 bits per heavy atom. The molecule has 1 aliphatic heterocycles. The van der Waals surface area contributed by atoms with Crippen LogP contribution < -0.4 is 11.1 Å². The first-order chi connectivity index (χ1) is 14.1. The van der Waals surface area contributed by atoms with Gasteiger partial charge in [-0.15, -0.1) is 0 Å². The van der Waals surface area contributed by atoms with Gasteiger partial charge in [-0.3, -0.25) is 4.79 Å². The molecule has 1 saturated carbocycles. The Morgan fingerprint density at radius 2 is 2.00 bits per heavy atom. The number of alkyl halides is 3. The average molecular weight is 423 g/mol. The van der Waals surface area contributed by atoms with Gasteiger partial charge in [0.15, 0.2) is 5.65 Å². The summed E-state index contributed by atoms with van der Waals surface area (Å²) in [5.74, 6) is -1.89. The Hall–Kier alpha value is -2.16. The maximum absolute atomic E-state index is 13.0. The van der Waals surface area contributed by atoms with Crippen molar-refractivity contribution in [2.24, 2.45) is 23.5 Å². The molecule has 2 atom stereocenters. The number of fused-ring (bicyclic) bond motifs is 1. The van der Waals surface area contributed by atoms with Crippen LogP contribution in [0.4, 0.5) is 13.2 Å². The van der Waals surface area contributed by atoms with Crippen LogP contribution in [0.25, 0.3) is 5.65 Å². The highest BCUT2D eigenvalue weighted by Gasteiger charge is 2.44. The molecule has 4 rings (SSSR count). The van der Waals surface area contributed by atoms with Crippen LogP contribution in [0.5, 0.6) is 0 Å². The number of nitrogens with one attached hydrogen (secondary N) is 1. The van der Waals surface area contributed by atoms with Gasteiger partial charge in [-0.2, -0.15) is 18.3 Å². The van der Waals surface area contributed by atoms with Crippen molar-refractivity contribution in [2.45, 2.75) is 63.6 Å². The number of piperidine rings is 1. The minimum Gasteiger partial charge on any atom is -0.355 e. The van der Waals surface area contributed by atoms with E-state index in [0.717, 1.165) is 31.4 Å². The molecule has 0 radical (unpaired) electrons. The fourth-order valence-electron chi connectivity index (χ4n) is 4.62. The molecule has 1 aliphatic carbocycles. The van der Waals surface area contributed by atoms with Crippen LogP contribution in [0.1, 0.15) is 50.4 Å². The summed E-state index contributed by atoms with van der Waals surface area (Å²) in [6.07, 6.45) is 2.34. The number of carbonyl (C=O) groups is 1. The predicted molar refractivity (Wildman–Crippen MR) is 106 cm³/mol. The van der Waals surface area contributed by atoms with Gasteiger partial charge in [-0.1, -0.05) is 6.92 Å². The normalized spacial score (nSPS) is 30.4. The van der Waals surface area contributed by atoms with Gasteiger partial charge in [0.1, 0.15) is 0 Å². The first-order valence-electron chi connectivity index (χ1n) is 10.6. The summed E-state index contributed by atoms with van der Waals surface area (Å²) < 4.78 is 40.8. The first-order valence-corrected chi connectivity index (χ1v) is 10.6. The third-order valence-corrected chi connectivity index (χ3v) is 6.61. The molecular formula is C21H28F3N5O. The van der Waals surface area contributed by atoms with Gasteiger partial charge in [-0.05, 0) is 50.2 Å². The molecule has 1 saturated heterocycles. The minimum absolute atomic E-state index is 0.167. The number of carbonyl (C=O) groups excluding carboxylic acids is 1. The van der Waals surface area contributed by atoms with Gasteiger partial charge in [0, 0.05) is 30.8 Å². The molecule has 6 nitrogen and oxygen atoms in total. The fraction of sp³-hybridized carbons (Fsp3) is 0.667. The standard InChI is InChI=1S/C21H28F3N5O/c1-13-4-6-20(25,7-5-13)10-17-12-29-18(27-17)3-2-16(28-29)9-14-8-15(21(22,23)24)11-26-19(14)30/h2-3,12-15H,4-11,25H2,1H3,(H,26,30)/t13?,14-,15-,20?/m1/s1. The second kappa shape index (κ2) is 7.83. The van der Waals surface area contributed by atoms with Gasteiger partial charge in [-0.25, -0.2) is 9.50 Å². The number of halogens is 3. The van der Waals surface area contributed by atoms with Crippen molar-refractivity contribution in [3.63, 3.8) is 0 Å². The zero-order chi connectivity index (χ0) is 21.5. The number of hydrogen-bond donors (Lipinski definition) is 2. The molecule has 2 aromatic heterocycles. The Kier molecular flexibility index (Phi) is 5.50. The van der Waals surface area contributed by atoms with Gasteiger partial charge < -0.3 is 11.1 Å². The van der Waals surface area contributed by atoms with Gasteiger partial charge >= 0.3 is 6.18 Å². The quantitative estimate of drug-likeness (QED) is 0.792. The van der Waals surface area contributed by atoms with Crippen molar-refractivity contribution in [1.29, 1.82) is 0 Å². The van der Waals surface area contributed by atoms with Gasteiger partial charge in [0.25, 0.3) is 0 Å². The lowest BCUT2D eigenvalue weighted by molar-refractivity contribution is -0.183. The smallest absolute Gasteiger partial charge is 0.355 e. The predicted octanol–water partition coefficient (Wildman–Crippen LogP) is 3.04. The molecule has 0 unspecified atom stereocenters. The van der Waals surface area contributed by atoms with Crippen molar-refractivity contribution < 1.29 is 18.0 Å². The molecule has 1 amide bonds. The number of nitrogens with two attached hydrogens (primary N) is 1. The molecule has 0 aromatic carbocycles. The SMILES string of the molecule is CC1CCC(N)(Cc2cn3nc(C[C@H]4C[C@@H](C(F)(F)F)CNC4=O)ccc3n2)CC1. The Balaban J connectivity index is 1.46. The molecule has 0 bridgehead atoms. The second-order valence-electron chi connectivity index (χ2n) is 9.20. The van der Waals surface area contributed by atoms with E-state index in [9.17, 15) is 18.0 Å². The van der Waals surface area contributed by atoms with Crippen LogP contribution in [-0.2, 0) is 17.6 Å². The summed E-state index contributed by atoms with van der Waals surface area (Å²) in [5, 5.41) is 6.87. The van der Waals surface area contributed by atoms with Crippen molar-refractivity contribution in [3.8, 4) is 0 Å². The van der Waals surface area contributed by atoms with Crippen LogP contribution in [0, 0.1) is 17.8 Å². The zero-order valence-electron chi connectivity index (χ0n) is 17.1. The number of amides is 1. The highest BCUT2D eigenvalue weighted by molar-refractivity contribution is 5.79. The van der Waals surface area contributed by atoms with Crippen molar-refractivity contribution >= 4 is 11.6 Å². The van der Waals surface area contributed by atoms with Crippen molar-refractivity contribution in [1.82, 2.24) is 19.9 Å². The van der Waals surface area contributed by atoms with Crippen LogP contribution >= 0.6 is 0 Å². The molecule has 164 valence electrons. The Morgan fingerprint density at radius 3 is 2.70 bits per heavy atom. The average Bonchev–Trinajstić information content (AvgIpc) is 3.06. The van der Waals surface area contributed by atoms with Crippen LogP contribution in [-0.4, -0.2) is 38.8 Å². The van der Waals surface area contributed by atoms with E-state index in [1.165, 1.54) is 0 Å². The maximum atomic E-state index is 13.0. The number of imidazole rings is 1. The monoisotopic (exact) mass is 423 g/mol. The van der Waals surface area contributed by atoms with E-state index >= 15 is 0 Å². The highest BCUT2D eigenvalue weighted by Crippen LogP contribution is 2.34. The summed E-state index contributed by atoms with van der Waals surface area (Å²) in [6.45, 7) is 1.90. The molecular weight excluding hydrogens is 395 g/mol. The van der Waals surface area contributed by atoms with E-state index in [1.54, 1.807) is 16.6 Å². The van der Waals surface area contributed by atoms with E-state index in [1.807, 2.05) is 6.20 Å². The third-order valence-electron chi connectivity index (χ3n) is 6.61. The lowest BCUT2D eigenvalue weighted by Gasteiger charge is -2.35. The lowest BCUT2D eigenvalue weighted by Crippen LogP contribution is -2.47. The summed E-state index contributed by atoms with van der Waals surface area (Å²) in [6, 6.07) is 3.52. The lowest BCUT2D eigenvalue weighted by atomic mass is 9.75. The van der Waals surface area contributed by atoms with E-state index in [4.69, 9.17) is 5.73 Å². The van der Waals surface area contributed by atoms with Crippen LogP contribution in [0.2, 0.25) is 0 Å². The minimum atomic E-state index is -4.31. The number of aromatic nitrogens is 3. The van der Waals surface area contributed by atoms with E-state index < -0.39 is 18.0 Å². The van der Waals surface area contributed by atoms with Crippen molar-refractivity contribution in [2.75, 3.05) is 6.54 Å². The molecule has 3 heterocycles. The summed E-state index contributed by atoms with van der Waals surface area (Å²) >= 11 is 0. The maximum Gasteiger partial charge on any atom is 0.393 e. The molecule has 30 heavy (non-hydrogen) atoms. The highest BCUT2D eigenvalue weighted by atomic mass is 19.4. The molecule has 3 N–H and O–H groups in total. The number of nitrogens with zero attached hydrogens (tertiary/aromatic N) is 3. The molecule has 2 aromatic rings. The topological polar surface area (TPSA) is 85.3 Å². The first kappa shape index (κ1) is 21.1. The number of hydrogen-bond acceptors (Lipinski definition) is 4. The number of rotatable bonds is 4. The fourth-order valence-corrected chi connectivity index (χ4v) is 4.62. The summed E-state index contributed by atoms with van der Waals surface area (Å²) in [4.78, 5) is 16.7. The largest absolute Gasteiger partial charge is 0.393 e. The Labute approximate surface area is 173 Å². The second-order valence-corrected chi connectivity index (χ2v) is 9.20. The van der Waals surface area contributed by atoms with E-state index in [0.29, 0.717) is 23.7 Å². The molecule has 2 aliphatic rings. The summed E-state index contributed by atoms with van der Waals surface area (Å²) in [7, 11) is 0. The van der Waals surface area contributed by atoms with Crippen LogP contribution in [0.15, 0.2) is 18.3 Å². The van der Waals surface area contributed by atoms with Crippen molar-refractivity contribution in [3.05, 3.63) is 29.7 Å². The van der Waals surface area contributed by atoms with E-state index in [2.05, 4.69) is 22.3 Å². The Bertz CT molecular complexity index is 917.